The summed E-state index contributed by atoms with van der Waals surface area (Å²) in [4.78, 5) is 28.8. The quantitative estimate of drug-likeness (QED) is 0.512. The fourth-order valence-electron chi connectivity index (χ4n) is 4.70. The first-order chi connectivity index (χ1) is 14.1. The number of carbonyl (C=O) groups is 2. The Balaban J connectivity index is 1.19. The normalized spacial score (nSPS) is 29.6. The van der Waals surface area contributed by atoms with E-state index in [0.29, 0.717) is 12.8 Å². The van der Waals surface area contributed by atoms with Gasteiger partial charge in [-0.1, -0.05) is 36.4 Å². The molecule has 4 heterocycles. The average molecular weight is 388 g/mol. The van der Waals surface area contributed by atoms with Crippen LogP contribution in [0, 0.1) is 0 Å². The number of epoxide rings is 1. The number of aromatic nitrogens is 1. The molecule has 0 saturated carbocycles. The Labute approximate surface area is 166 Å². The van der Waals surface area contributed by atoms with Crippen LogP contribution in [-0.4, -0.2) is 35.1 Å². The standard InChI is InChI=1S/C22H20N4O3/c27-19-17(9-12-11-23-15-7-3-1-5-13(12)15)24-20(28)18(25-19)10-22-14-6-2-4-8-16(14)26-21(22)29-22/h1-8,11,17-18,21,23,26H,9-10H2,(H,24,28)(H,25,27). The summed E-state index contributed by atoms with van der Waals surface area (Å²) < 4.78 is 5.87. The van der Waals surface area contributed by atoms with Gasteiger partial charge in [-0.2, -0.15) is 0 Å². The summed E-state index contributed by atoms with van der Waals surface area (Å²) in [6, 6.07) is 14.7. The number of anilines is 1. The van der Waals surface area contributed by atoms with Crippen molar-refractivity contribution >= 4 is 28.4 Å². The number of piperazine rings is 1. The monoisotopic (exact) mass is 388 g/mol. The molecular formula is C22H20N4O3. The van der Waals surface area contributed by atoms with Gasteiger partial charge in [-0.3, -0.25) is 9.59 Å². The van der Waals surface area contributed by atoms with Gasteiger partial charge in [-0.15, -0.1) is 0 Å². The van der Waals surface area contributed by atoms with Crippen LogP contribution < -0.4 is 16.0 Å². The number of H-pyrrole nitrogens is 1. The van der Waals surface area contributed by atoms with E-state index in [1.54, 1.807) is 0 Å². The van der Waals surface area contributed by atoms with E-state index in [1.807, 2.05) is 54.7 Å². The lowest BCUT2D eigenvalue weighted by Crippen LogP contribution is -2.62. The van der Waals surface area contributed by atoms with Crippen molar-refractivity contribution in [3.8, 4) is 0 Å². The highest BCUT2D eigenvalue weighted by atomic mass is 16.6. The smallest absolute Gasteiger partial charge is 0.243 e. The molecule has 0 radical (unpaired) electrons. The summed E-state index contributed by atoms with van der Waals surface area (Å²) >= 11 is 0. The molecule has 146 valence electrons. The number of rotatable bonds is 4. The van der Waals surface area contributed by atoms with Gasteiger partial charge in [-0.05, 0) is 17.7 Å². The summed E-state index contributed by atoms with van der Waals surface area (Å²) in [6.45, 7) is 0. The van der Waals surface area contributed by atoms with E-state index in [9.17, 15) is 9.59 Å². The molecule has 6 rings (SSSR count). The second-order valence-electron chi connectivity index (χ2n) is 7.97. The van der Waals surface area contributed by atoms with E-state index in [2.05, 4.69) is 20.9 Å². The summed E-state index contributed by atoms with van der Waals surface area (Å²) in [6.07, 6.45) is 2.63. The first-order valence-corrected chi connectivity index (χ1v) is 9.84. The molecule has 0 aliphatic carbocycles. The maximum Gasteiger partial charge on any atom is 0.243 e. The van der Waals surface area contributed by atoms with Crippen molar-refractivity contribution in [2.24, 2.45) is 0 Å². The van der Waals surface area contributed by atoms with Crippen molar-refractivity contribution in [3.63, 3.8) is 0 Å². The van der Waals surface area contributed by atoms with Gasteiger partial charge in [0.25, 0.3) is 0 Å². The number of amides is 2. The SMILES string of the molecule is O=C1NC(CC23OC2Nc2ccccc23)C(=O)NC1Cc1c[nH]c2ccccc12. The topological polar surface area (TPSA) is 98.6 Å². The van der Waals surface area contributed by atoms with Gasteiger partial charge >= 0.3 is 0 Å². The zero-order valence-electron chi connectivity index (χ0n) is 15.6. The molecule has 2 saturated heterocycles. The van der Waals surface area contributed by atoms with Gasteiger partial charge < -0.3 is 25.7 Å². The third-order valence-corrected chi connectivity index (χ3v) is 6.24. The maximum atomic E-state index is 12.8. The minimum Gasteiger partial charge on any atom is -0.361 e. The van der Waals surface area contributed by atoms with Crippen molar-refractivity contribution in [2.45, 2.75) is 36.8 Å². The van der Waals surface area contributed by atoms with E-state index in [0.717, 1.165) is 27.7 Å². The van der Waals surface area contributed by atoms with Crippen molar-refractivity contribution < 1.29 is 14.3 Å². The minimum atomic E-state index is -0.611. The number of benzene rings is 2. The average Bonchev–Trinajstić information content (AvgIpc) is 3.12. The molecule has 2 aromatic carbocycles. The Kier molecular flexibility index (Phi) is 3.35. The summed E-state index contributed by atoms with van der Waals surface area (Å²) in [7, 11) is 0. The molecule has 7 nitrogen and oxygen atoms in total. The molecule has 3 aliphatic heterocycles. The highest BCUT2D eigenvalue weighted by Gasteiger charge is 2.64. The zero-order valence-corrected chi connectivity index (χ0v) is 15.6. The summed E-state index contributed by atoms with van der Waals surface area (Å²) in [5.74, 6) is -0.324. The van der Waals surface area contributed by atoms with Crippen LogP contribution in [0.4, 0.5) is 5.69 Å². The number of fused-ring (bicyclic) bond motifs is 4. The molecule has 29 heavy (non-hydrogen) atoms. The maximum absolute atomic E-state index is 12.8. The van der Waals surface area contributed by atoms with E-state index in [4.69, 9.17) is 4.74 Å². The predicted octanol–water partition coefficient (Wildman–Crippen LogP) is 1.76. The van der Waals surface area contributed by atoms with Crippen LogP contribution in [-0.2, 0) is 26.3 Å². The lowest BCUT2D eigenvalue weighted by atomic mass is 9.90. The Morgan fingerprint density at radius 3 is 2.59 bits per heavy atom. The van der Waals surface area contributed by atoms with Gasteiger partial charge in [0.2, 0.25) is 11.8 Å². The number of aromatic amines is 1. The van der Waals surface area contributed by atoms with Crippen molar-refractivity contribution in [1.82, 2.24) is 15.6 Å². The molecule has 0 spiro atoms. The Morgan fingerprint density at radius 2 is 1.66 bits per heavy atom. The molecule has 0 bridgehead atoms. The molecule has 1 aromatic heterocycles. The molecule has 4 unspecified atom stereocenters. The van der Waals surface area contributed by atoms with Crippen LogP contribution in [0.5, 0.6) is 0 Å². The molecule has 7 heteroatoms. The molecule has 3 aliphatic rings. The predicted molar refractivity (Wildman–Crippen MR) is 107 cm³/mol. The Bertz CT molecular complexity index is 1160. The summed E-state index contributed by atoms with van der Waals surface area (Å²) in [5.41, 5.74) is 3.58. The number of hydrogen-bond acceptors (Lipinski definition) is 4. The molecular weight excluding hydrogens is 368 g/mol. The molecule has 2 fully saturated rings. The van der Waals surface area contributed by atoms with Crippen LogP contribution >= 0.6 is 0 Å². The number of para-hydroxylation sites is 2. The van der Waals surface area contributed by atoms with Crippen molar-refractivity contribution in [3.05, 3.63) is 65.9 Å². The van der Waals surface area contributed by atoms with Gasteiger partial charge in [0.05, 0.1) is 0 Å². The van der Waals surface area contributed by atoms with E-state index >= 15 is 0 Å². The van der Waals surface area contributed by atoms with Gasteiger partial charge in [0.15, 0.2) is 6.23 Å². The van der Waals surface area contributed by atoms with E-state index < -0.39 is 17.7 Å². The third kappa shape index (κ3) is 2.47. The van der Waals surface area contributed by atoms with Crippen LogP contribution in [0.25, 0.3) is 10.9 Å². The Hall–Kier alpha value is -3.32. The highest BCUT2D eigenvalue weighted by molar-refractivity contribution is 5.97. The number of carbonyl (C=O) groups excluding carboxylic acids is 2. The van der Waals surface area contributed by atoms with Crippen LogP contribution in [0.3, 0.4) is 0 Å². The second-order valence-corrected chi connectivity index (χ2v) is 7.97. The molecule has 2 amide bonds. The fraction of sp³-hybridized carbons (Fsp3) is 0.273. The van der Waals surface area contributed by atoms with Crippen LogP contribution in [0.1, 0.15) is 17.5 Å². The van der Waals surface area contributed by atoms with Crippen molar-refractivity contribution in [2.75, 3.05) is 5.32 Å². The molecule has 4 N–H and O–H groups in total. The zero-order chi connectivity index (χ0) is 19.6. The lowest BCUT2D eigenvalue weighted by molar-refractivity contribution is -0.137. The van der Waals surface area contributed by atoms with Gasteiger partial charge in [0, 0.05) is 41.2 Å². The van der Waals surface area contributed by atoms with Gasteiger partial charge in [0.1, 0.15) is 17.7 Å². The van der Waals surface area contributed by atoms with Crippen LogP contribution in [0.15, 0.2) is 54.7 Å². The fourth-order valence-corrected chi connectivity index (χ4v) is 4.70. The highest BCUT2D eigenvalue weighted by Crippen LogP contribution is 2.57. The second kappa shape index (κ2) is 5.84. The van der Waals surface area contributed by atoms with Crippen LogP contribution in [0.2, 0.25) is 0 Å². The number of ether oxygens (including phenoxy) is 1. The largest absolute Gasteiger partial charge is 0.361 e. The Morgan fingerprint density at radius 1 is 0.897 bits per heavy atom. The minimum absolute atomic E-state index is 0.131. The first kappa shape index (κ1) is 16.6. The molecule has 3 aromatic rings. The lowest BCUT2D eigenvalue weighted by Gasteiger charge is -2.30. The first-order valence-electron chi connectivity index (χ1n) is 9.84. The van der Waals surface area contributed by atoms with E-state index in [1.165, 1.54) is 0 Å². The van der Waals surface area contributed by atoms with E-state index in [-0.39, 0.29) is 18.0 Å². The third-order valence-electron chi connectivity index (χ3n) is 6.24. The number of hydrogen-bond donors (Lipinski definition) is 4. The summed E-state index contributed by atoms with van der Waals surface area (Å²) in [5, 5.41) is 10.2. The van der Waals surface area contributed by atoms with Gasteiger partial charge in [-0.25, -0.2) is 0 Å². The van der Waals surface area contributed by atoms with Crippen molar-refractivity contribution in [1.29, 1.82) is 0 Å². The molecule has 4 atom stereocenters. The number of nitrogens with one attached hydrogen (secondary N) is 4.